The van der Waals surface area contributed by atoms with Gasteiger partial charge in [0.05, 0.1) is 0 Å². The van der Waals surface area contributed by atoms with Crippen LogP contribution in [0.2, 0.25) is 0 Å². The number of allylic oxidation sites excluding steroid dienone is 3. The number of rotatable bonds is 4. The lowest BCUT2D eigenvalue weighted by molar-refractivity contribution is -0.136. The van der Waals surface area contributed by atoms with Crippen LogP contribution in [0.5, 0.6) is 0 Å². The van der Waals surface area contributed by atoms with Crippen molar-refractivity contribution in [1.29, 1.82) is 0 Å². The van der Waals surface area contributed by atoms with Gasteiger partial charge in [0, 0.05) is 15.6 Å². The molecule has 0 aliphatic rings. The van der Waals surface area contributed by atoms with Crippen LogP contribution >= 0.6 is 27.5 Å². The fraction of sp³-hybridized carbons (Fsp3) is 0.222. The number of ether oxygens (including phenoxy) is 1. The normalized spacial score (nSPS) is 11.8. The van der Waals surface area contributed by atoms with Crippen molar-refractivity contribution in [1.82, 2.24) is 0 Å². The van der Waals surface area contributed by atoms with E-state index in [1.807, 2.05) is 13.0 Å². The van der Waals surface area contributed by atoms with Crippen LogP contribution in [0.25, 0.3) is 0 Å². The van der Waals surface area contributed by atoms with Gasteiger partial charge < -0.3 is 4.74 Å². The first-order chi connectivity index (χ1) is 6.06. The Morgan fingerprint density at radius 2 is 2.23 bits per heavy atom. The molecule has 0 atom stereocenters. The Bertz CT molecular complexity index is 256. The monoisotopic (exact) mass is 264 g/mol. The lowest BCUT2D eigenvalue weighted by atomic mass is 10.4. The average molecular weight is 266 g/mol. The number of halogens is 2. The van der Waals surface area contributed by atoms with Gasteiger partial charge in [0.25, 0.3) is 0 Å². The molecule has 0 spiro atoms. The number of esters is 1. The van der Waals surface area contributed by atoms with Crippen LogP contribution in [0.4, 0.5) is 0 Å². The Balaban J connectivity index is 3.88. The zero-order valence-electron chi connectivity index (χ0n) is 7.22. The zero-order chi connectivity index (χ0) is 10.3. The van der Waals surface area contributed by atoms with Crippen LogP contribution in [0.3, 0.4) is 0 Å². The van der Waals surface area contributed by atoms with Crippen LogP contribution < -0.4 is 0 Å². The highest BCUT2D eigenvalue weighted by Crippen LogP contribution is 2.05. The summed E-state index contributed by atoms with van der Waals surface area (Å²) in [5.74, 6) is -0.444. The molecule has 4 heteroatoms. The van der Waals surface area contributed by atoms with E-state index in [-0.39, 0.29) is 6.61 Å². The second-order valence-electron chi connectivity index (χ2n) is 2.13. The maximum Gasteiger partial charge on any atom is 0.331 e. The Hall–Kier alpha value is -0.540. The van der Waals surface area contributed by atoms with Gasteiger partial charge in [-0.15, -0.1) is 0 Å². The summed E-state index contributed by atoms with van der Waals surface area (Å²) >= 11 is 8.60. The number of carbonyl (C=O) groups is 1. The Morgan fingerprint density at radius 3 is 2.69 bits per heavy atom. The lowest BCUT2D eigenvalue weighted by Gasteiger charge is -1.97. The molecule has 0 bridgehead atoms. The van der Waals surface area contributed by atoms with Crippen LogP contribution in [0.1, 0.15) is 6.92 Å². The first kappa shape index (κ1) is 12.5. The van der Waals surface area contributed by atoms with Crippen molar-refractivity contribution in [2.24, 2.45) is 0 Å². The van der Waals surface area contributed by atoms with Crippen LogP contribution in [-0.4, -0.2) is 12.6 Å². The van der Waals surface area contributed by atoms with Gasteiger partial charge in [0.1, 0.15) is 6.61 Å². The number of hydrogen-bond donors (Lipinski definition) is 0. The van der Waals surface area contributed by atoms with E-state index in [4.69, 9.17) is 16.3 Å². The highest BCUT2D eigenvalue weighted by molar-refractivity contribution is 9.11. The molecular weight excluding hydrogens is 255 g/mol. The standard InChI is InChI=1S/C9H10BrClO2/c1-3-8(10)4-5-9(12)13-6-7(2)11/h3-5H,2,6H2,1H3/b5-4?,8-3+. The van der Waals surface area contributed by atoms with Gasteiger partial charge in [-0.3, -0.25) is 0 Å². The average Bonchev–Trinajstić information content (AvgIpc) is 2.10. The van der Waals surface area contributed by atoms with E-state index in [9.17, 15) is 4.79 Å². The molecule has 0 saturated carbocycles. The van der Waals surface area contributed by atoms with Crippen molar-refractivity contribution in [3.8, 4) is 0 Å². The summed E-state index contributed by atoms with van der Waals surface area (Å²) in [6.45, 7) is 5.27. The smallest absolute Gasteiger partial charge is 0.331 e. The molecule has 0 aromatic carbocycles. The third-order valence-corrected chi connectivity index (χ3v) is 1.86. The predicted octanol–water partition coefficient (Wildman–Crippen LogP) is 3.14. The number of carbonyl (C=O) groups excluding carboxylic acids is 1. The highest BCUT2D eigenvalue weighted by Gasteiger charge is 1.96. The van der Waals surface area contributed by atoms with Crippen molar-refractivity contribution in [3.63, 3.8) is 0 Å². The molecule has 2 nitrogen and oxygen atoms in total. The third kappa shape index (κ3) is 7.81. The van der Waals surface area contributed by atoms with E-state index in [1.54, 1.807) is 6.08 Å². The third-order valence-electron chi connectivity index (χ3n) is 1.03. The van der Waals surface area contributed by atoms with Crippen molar-refractivity contribution in [3.05, 3.63) is 34.3 Å². The van der Waals surface area contributed by atoms with E-state index < -0.39 is 5.97 Å². The molecule has 0 heterocycles. The molecule has 0 amide bonds. The van der Waals surface area contributed by atoms with E-state index in [1.165, 1.54) is 6.08 Å². The summed E-state index contributed by atoms with van der Waals surface area (Å²) in [4.78, 5) is 10.9. The van der Waals surface area contributed by atoms with Crippen LogP contribution in [0, 0.1) is 0 Å². The summed E-state index contributed by atoms with van der Waals surface area (Å²) in [6.07, 6.45) is 4.72. The van der Waals surface area contributed by atoms with Gasteiger partial charge in [-0.25, -0.2) is 4.79 Å². The maximum absolute atomic E-state index is 10.9. The topological polar surface area (TPSA) is 26.3 Å². The van der Waals surface area contributed by atoms with Gasteiger partial charge in [-0.1, -0.05) is 40.2 Å². The summed E-state index contributed by atoms with van der Waals surface area (Å²) < 4.78 is 5.51. The Morgan fingerprint density at radius 1 is 1.62 bits per heavy atom. The Kier molecular flexibility index (Phi) is 6.63. The molecule has 0 fully saturated rings. The predicted molar refractivity (Wildman–Crippen MR) is 57.8 cm³/mol. The van der Waals surface area contributed by atoms with Gasteiger partial charge in [0.15, 0.2) is 0 Å². The molecule has 0 aliphatic carbocycles. The molecule has 13 heavy (non-hydrogen) atoms. The quantitative estimate of drug-likeness (QED) is 0.443. The van der Waals surface area contributed by atoms with Gasteiger partial charge in [0.2, 0.25) is 0 Å². The van der Waals surface area contributed by atoms with E-state index >= 15 is 0 Å². The Labute approximate surface area is 91.0 Å². The molecular formula is C9H10BrClO2. The lowest BCUT2D eigenvalue weighted by Crippen LogP contribution is -2.01. The summed E-state index contributed by atoms with van der Waals surface area (Å²) in [7, 11) is 0. The second kappa shape index (κ2) is 6.92. The largest absolute Gasteiger partial charge is 0.457 e. The van der Waals surface area contributed by atoms with E-state index in [2.05, 4.69) is 22.5 Å². The van der Waals surface area contributed by atoms with Crippen LogP contribution in [0.15, 0.2) is 34.3 Å². The zero-order valence-corrected chi connectivity index (χ0v) is 9.56. The molecule has 0 aliphatic heterocycles. The first-order valence-corrected chi connectivity index (χ1v) is 4.73. The minimum atomic E-state index is -0.444. The molecule has 0 N–H and O–H groups in total. The van der Waals surface area contributed by atoms with E-state index in [0.29, 0.717) is 5.03 Å². The molecule has 0 aromatic heterocycles. The minimum absolute atomic E-state index is 0.0399. The summed E-state index contributed by atoms with van der Waals surface area (Å²) in [6, 6.07) is 0. The van der Waals surface area contributed by atoms with Crippen molar-refractivity contribution in [2.45, 2.75) is 6.92 Å². The summed E-state index contributed by atoms with van der Waals surface area (Å²) in [5.41, 5.74) is 0. The van der Waals surface area contributed by atoms with E-state index in [0.717, 1.165) is 4.48 Å². The maximum atomic E-state index is 10.9. The molecule has 0 aromatic rings. The SMILES string of the molecule is C=C(Cl)COC(=O)C=C/C(Br)=C\C. The van der Waals surface area contributed by atoms with Gasteiger partial charge >= 0.3 is 5.97 Å². The first-order valence-electron chi connectivity index (χ1n) is 3.56. The highest BCUT2D eigenvalue weighted by atomic mass is 79.9. The fourth-order valence-corrected chi connectivity index (χ4v) is 0.628. The summed E-state index contributed by atoms with van der Waals surface area (Å²) in [5, 5.41) is 0.298. The van der Waals surface area contributed by atoms with Crippen LogP contribution in [-0.2, 0) is 9.53 Å². The minimum Gasteiger partial charge on any atom is -0.457 e. The number of hydrogen-bond acceptors (Lipinski definition) is 2. The van der Waals surface area contributed by atoms with Gasteiger partial charge in [-0.05, 0) is 13.0 Å². The van der Waals surface area contributed by atoms with Crippen molar-refractivity contribution < 1.29 is 9.53 Å². The fourth-order valence-electron chi connectivity index (χ4n) is 0.441. The van der Waals surface area contributed by atoms with Crippen molar-refractivity contribution >= 4 is 33.5 Å². The molecule has 0 saturated heterocycles. The molecule has 0 unspecified atom stereocenters. The molecule has 72 valence electrons. The van der Waals surface area contributed by atoms with Gasteiger partial charge in [-0.2, -0.15) is 0 Å². The van der Waals surface area contributed by atoms with Crippen molar-refractivity contribution in [2.75, 3.05) is 6.61 Å². The molecule has 0 rings (SSSR count). The second-order valence-corrected chi connectivity index (χ2v) is 3.58. The molecule has 0 radical (unpaired) electrons.